The lowest BCUT2D eigenvalue weighted by atomic mass is 9.98. The summed E-state index contributed by atoms with van der Waals surface area (Å²) in [5.41, 5.74) is 1.06. The van der Waals surface area contributed by atoms with Crippen LogP contribution >= 0.6 is 0 Å². The van der Waals surface area contributed by atoms with Crippen molar-refractivity contribution in [1.29, 1.82) is 0 Å². The molecule has 0 atom stereocenters. The van der Waals surface area contributed by atoms with Gasteiger partial charge in [-0.05, 0) is 51.0 Å². The summed E-state index contributed by atoms with van der Waals surface area (Å²) in [4.78, 5) is 6.37. The van der Waals surface area contributed by atoms with Gasteiger partial charge in [0.1, 0.15) is 5.82 Å². The van der Waals surface area contributed by atoms with Crippen LogP contribution in [0.1, 0.15) is 26.7 Å². The maximum absolute atomic E-state index is 9.14. The van der Waals surface area contributed by atoms with Gasteiger partial charge >= 0.3 is 0 Å². The van der Waals surface area contributed by atoms with Crippen molar-refractivity contribution in [3.8, 4) is 0 Å². The number of hydrogen-bond donors (Lipinski definition) is 1. The highest BCUT2D eigenvalue weighted by Gasteiger charge is 2.20. The van der Waals surface area contributed by atoms with Gasteiger partial charge < -0.3 is 14.7 Å². The largest absolute Gasteiger partial charge is 0.501 e. The van der Waals surface area contributed by atoms with Crippen LogP contribution in [0.3, 0.4) is 0 Å². The molecule has 1 fully saturated rings. The van der Waals surface area contributed by atoms with E-state index >= 15 is 0 Å². The number of piperidine rings is 1. The van der Waals surface area contributed by atoms with Gasteiger partial charge in [0.2, 0.25) is 0 Å². The fraction of sp³-hybridized carbons (Fsp3) is 0.643. The number of aliphatic hydroxyl groups excluding tert-OH is 1. The molecule has 1 heterocycles. The van der Waals surface area contributed by atoms with Crippen molar-refractivity contribution >= 4 is 6.72 Å². The number of ether oxygens (including phenoxy) is 1. The number of rotatable bonds is 5. The van der Waals surface area contributed by atoms with Crippen molar-refractivity contribution in [2.75, 3.05) is 26.8 Å². The van der Waals surface area contributed by atoms with Crippen LogP contribution in [0, 0.1) is 5.92 Å². The third kappa shape index (κ3) is 3.88. The number of allylic oxidation sites excluding steroid dienone is 3. The molecule has 1 aliphatic rings. The Morgan fingerprint density at radius 3 is 2.50 bits per heavy atom. The Morgan fingerprint density at radius 2 is 2.06 bits per heavy atom. The second-order valence-electron chi connectivity index (χ2n) is 4.74. The monoisotopic (exact) mass is 252 g/mol. The topological polar surface area (TPSA) is 45.1 Å². The van der Waals surface area contributed by atoms with Gasteiger partial charge in [-0.15, -0.1) is 0 Å². The van der Waals surface area contributed by atoms with E-state index in [0.717, 1.165) is 43.1 Å². The summed E-state index contributed by atoms with van der Waals surface area (Å²) in [7, 11) is 1.66. The van der Waals surface area contributed by atoms with E-state index in [1.807, 2.05) is 19.9 Å². The molecule has 1 N–H and O–H groups in total. The zero-order chi connectivity index (χ0) is 13.5. The summed E-state index contributed by atoms with van der Waals surface area (Å²) in [5.74, 6) is 2.21. The van der Waals surface area contributed by atoms with Crippen molar-refractivity contribution in [3.05, 3.63) is 23.2 Å². The summed E-state index contributed by atoms with van der Waals surface area (Å²) in [6.45, 7) is 9.74. The average Bonchev–Trinajstić information content (AvgIpc) is 2.40. The predicted molar refractivity (Wildman–Crippen MR) is 74.4 cm³/mol. The molecule has 1 saturated heterocycles. The third-order valence-corrected chi connectivity index (χ3v) is 3.42. The van der Waals surface area contributed by atoms with E-state index in [0.29, 0.717) is 5.92 Å². The van der Waals surface area contributed by atoms with Crippen molar-refractivity contribution in [3.63, 3.8) is 0 Å². The lowest BCUT2D eigenvalue weighted by Crippen LogP contribution is -2.34. The highest BCUT2D eigenvalue weighted by Crippen LogP contribution is 2.23. The van der Waals surface area contributed by atoms with Gasteiger partial charge in [0.05, 0.1) is 12.9 Å². The number of nitrogens with zero attached hydrogens (tertiary/aromatic N) is 2. The molecular formula is C14H24N2O2. The predicted octanol–water partition coefficient (Wildman–Crippen LogP) is 2.17. The molecule has 0 radical (unpaired) electrons. The molecule has 0 unspecified atom stereocenters. The Kier molecular flexibility index (Phi) is 5.92. The molecule has 0 saturated carbocycles. The molecule has 0 bridgehead atoms. The van der Waals surface area contributed by atoms with Crippen LogP contribution in [-0.2, 0) is 4.74 Å². The van der Waals surface area contributed by atoms with E-state index < -0.39 is 0 Å². The second kappa shape index (κ2) is 7.21. The molecule has 102 valence electrons. The van der Waals surface area contributed by atoms with Crippen LogP contribution in [0.5, 0.6) is 0 Å². The number of hydrogen-bond acceptors (Lipinski definition) is 4. The fourth-order valence-corrected chi connectivity index (χ4v) is 2.23. The van der Waals surface area contributed by atoms with Gasteiger partial charge in [0.25, 0.3) is 0 Å². The molecule has 0 amide bonds. The number of methoxy groups -OCH3 is 1. The smallest absolute Gasteiger partial charge is 0.130 e. The van der Waals surface area contributed by atoms with Crippen molar-refractivity contribution in [2.45, 2.75) is 26.7 Å². The van der Waals surface area contributed by atoms with Crippen LogP contribution in [0.2, 0.25) is 0 Å². The van der Waals surface area contributed by atoms with Crippen LogP contribution < -0.4 is 0 Å². The van der Waals surface area contributed by atoms with E-state index in [-0.39, 0.29) is 6.61 Å². The summed E-state index contributed by atoms with van der Waals surface area (Å²) in [6.07, 6.45) is 3.99. The maximum atomic E-state index is 9.14. The Hall–Kier alpha value is -1.29. The maximum Gasteiger partial charge on any atom is 0.130 e. The number of likely N-dealkylation sites (tertiary alicyclic amines) is 1. The molecule has 18 heavy (non-hydrogen) atoms. The molecule has 4 nitrogen and oxygen atoms in total. The third-order valence-electron chi connectivity index (χ3n) is 3.42. The van der Waals surface area contributed by atoms with Gasteiger partial charge in [-0.25, -0.2) is 4.99 Å². The molecule has 1 aliphatic heterocycles. The summed E-state index contributed by atoms with van der Waals surface area (Å²) in [5, 5.41) is 9.14. The number of aliphatic imine (C=N–C) groups is 1. The van der Waals surface area contributed by atoms with Gasteiger partial charge in [0.15, 0.2) is 0 Å². The Bertz CT molecular complexity index is 340. The first-order chi connectivity index (χ1) is 8.62. The molecule has 0 aromatic carbocycles. The zero-order valence-corrected chi connectivity index (χ0v) is 11.6. The van der Waals surface area contributed by atoms with E-state index in [2.05, 4.69) is 16.6 Å². The number of aliphatic hydroxyl groups is 1. The molecule has 0 spiro atoms. The second-order valence-corrected chi connectivity index (χ2v) is 4.74. The average molecular weight is 252 g/mol. The Morgan fingerprint density at radius 1 is 1.44 bits per heavy atom. The van der Waals surface area contributed by atoms with Crippen LogP contribution in [0.25, 0.3) is 0 Å². The van der Waals surface area contributed by atoms with Crippen molar-refractivity contribution in [1.82, 2.24) is 4.90 Å². The zero-order valence-electron chi connectivity index (χ0n) is 11.6. The summed E-state index contributed by atoms with van der Waals surface area (Å²) in [6, 6.07) is 0. The van der Waals surface area contributed by atoms with Gasteiger partial charge in [-0.3, -0.25) is 0 Å². The molecule has 4 heteroatoms. The van der Waals surface area contributed by atoms with Crippen molar-refractivity contribution < 1.29 is 9.84 Å². The molecule has 0 aromatic rings. The SMILES string of the molecule is C=N/C(=C(C)/C=C(\C)OC)N1CCC(CO)CC1. The van der Waals surface area contributed by atoms with Crippen LogP contribution in [0.4, 0.5) is 0 Å². The van der Waals surface area contributed by atoms with Gasteiger partial charge in [-0.2, -0.15) is 0 Å². The quantitative estimate of drug-likeness (QED) is 0.463. The van der Waals surface area contributed by atoms with E-state index in [4.69, 9.17) is 9.84 Å². The fourth-order valence-electron chi connectivity index (χ4n) is 2.23. The highest BCUT2D eigenvalue weighted by atomic mass is 16.5. The van der Waals surface area contributed by atoms with E-state index in [1.165, 1.54) is 0 Å². The minimum Gasteiger partial charge on any atom is -0.501 e. The molecule has 1 rings (SSSR count). The van der Waals surface area contributed by atoms with E-state index in [1.54, 1.807) is 7.11 Å². The molecule has 0 aliphatic carbocycles. The van der Waals surface area contributed by atoms with Crippen LogP contribution in [0.15, 0.2) is 28.2 Å². The minimum absolute atomic E-state index is 0.288. The standard InChI is InChI=1S/C14H24N2O2/c1-11(9-12(2)18-4)14(15-3)16-7-5-13(10-17)6-8-16/h9,13,17H,3,5-8,10H2,1-2,4H3/b12-9+,14-11-. The van der Waals surface area contributed by atoms with Crippen LogP contribution in [-0.4, -0.2) is 43.5 Å². The first-order valence-electron chi connectivity index (χ1n) is 6.38. The highest BCUT2D eigenvalue weighted by molar-refractivity contribution is 5.33. The van der Waals surface area contributed by atoms with E-state index in [9.17, 15) is 0 Å². The Balaban J connectivity index is 2.78. The first kappa shape index (κ1) is 14.8. The molecular weight excluding hydrogens is 228 g/mol. The lowest BCUT2D eigenvalue weighted by molar-refractivity contribution is 0.150. The first-order valence-corrected chi connectivity index (χ1v) is 6.38. The molecule has 0 aromatic heterocycles. The van der Waals surface area contributed by atoms with Crippen molar-refractivity contribution in [2.24, 2.45) is 10.9 Å². The summed E-state index contributed by atoms with van der Waals surface area (Å²) >= 11 is 0. The minimum atomic E-state index is 0.288. The van der Waals surface area contributed by atoms with Gasteiger partial charge in [0, 0.05) is 19.7 Å². The normalized spacial score (nSPS) is 19.6. The summed E-state index contributed by atoms with van der Waals surface area (Å²) < 4.78 is 5.15. The van der Waals surface area contributed by atoms with Gasteiger partial charge in [-0.1, -0.05) is 0 Å². The lowest BCUT2D eigenvalue weighted by Gasteiger charge is -2.33. The Labute approximate surface area is 110 Å².